The first kappa shape index (κ1) is 81.2. The van der Waals surface area contributed by atoms with Crippen LogP contribution in [0.4, 0.5) is 0 Å². The summed E-state index contributed by atoms with van der Waals surface area (Å²) in [5, 5.41) is 95.0. The van der Waals surface area contributed by atoms with Gasteiger partial charge in [0.2, 0.25) is 0 Å². The fourth-order valence-corrected chi connectivity index (χ4v) is 23.7. The molecule has 0 radical (unpaired) electrons. The lowest BCUT2D eigenvalue weighted by Gasteiger charge is -2.55. The van der Waals surface area contributed by atoms with Gasteiger partial charge >= 0.3 is 0 Å². The minimum absolute atomic E-state index is 0.00789. The summed E-state index contributed by atoms with van der Waals surface area (Å²) in [6.45, 7) is 32.2. The molecule has 0 aromatic rings. The van der Waals surface area contributed by atoms with Crippen LogP contribution < -0.4 is 0 Å². The third kappa shape index (κ3) is 14.0. The number of hydrogen-bond donors (Lipinski definition) is 9. The third-order valence-electron chi connectivity index (χ3n) is 31.7. The summed E-state index contributed by atoms with van der Waals surface area (Å²) in [6.07, 6.45) is 27.9. The summed E-state index contributed by atoms with van der Waals surface area (Å²) >= 11 is 0. The van der Waals surface area contributed by atoms with Crippen LogP contribution in [-0.2, 0) is 19.2 Å². The molecule has 8 unspecified atom stereocenters. The zero-order chi connectivity index (χ0) is 74.1. The van der Waals surface area contributed by atoms with Crippen molar-refractivity contribution in [2.75, 3.05) is 48.0 Å². The first-order chi connectivity index (χ1) is 46.9. The molecule has 0 aromatic carbocycles. The van der Waals surface area contributed by atoms with E-state index in [4.69, 9.17) is 0 Å². The standard InChI is InChI=1S/3C21H35NO3.C20H33NO4/c1-12-6-9-16-15(10-12)8-7-13(2)21(16,4)20(25)18-14(3)22(5)17(11-23)19(18)24;1-12-6-9-16-15(10-12)8-7-13(2)21(16,4)14(3)18-19(24)17(11-23)22(5)20(18)25;1-6-16-18(23)17(20(25)22(16)5)19(24)21(4)13(3)8-9-14-11-12(2)7-10-15(14)21;1-11-5-8-14-13(9-11)7-6-12(2)20(14,3)18(24)16-17(23)15(10-22)21(4)19(16)25/h2*7-8,12-18,20,23,25H,6,9-11H2,1-5H3;8-9,12-17,19-20,24-25H,6-7,10-11H2,1-5H3;6-7,11-16,18-19,22,24-25H,5,8-10H2,1-4H3/t12-,13-,14?,15+,16+,17+,18?,20-,21+;12-,13-,14-,15+,16+,17+,18?,20?,21-;12-,13-,14+,15+,16+,17?,19-,20?,21+;11-,12-,13+,14+,15+,16?,18-,19?,20+/m0000/s1. The summed E-state index contributed by atoms with van der Waals surface area (Å²) < 4.78 is 0. The Labute approximate surface area is 602 Å². The van der Waals surface area contributed by atoms with E-state index in [0.29, 0.717) is 65.6 Å². The van der Waals surface area contributed by atoms with Crippen LogP contribution in [0.2, 0.25) is 0 Å². The van der Waals surface area contributed by atoms with Gasteiger partial charge in [-0.2, -0.15) is 0 Å². The van der Waals surface area contributed by atoms with Crippen molar-refractivity contribution in [3.63, 3.8) is 0 Å². The van der Waals surface area contributed by atoms with E-state index >= 15 is 0 Å². The van der Waals surface area contributed by atoms with Crippen molar-refractivity contribution in [2.24, 2.45) is 146 Å². The molecule has 4 aliphatic heterocycles. The zero-order valence-corrected chi connectivity index (χ0v) is 64.9. The van der Waals surface area contributed by atoms with Gasteiger partial charge in [-0.05, 0) is 199 Å². The highest BCUT2D eigenvalue weighted by atomic mass is 16.3. The van der Waals surface area contributed by atoms with Crippen LogP contribution >= 0.6 is 0 Å². The third-order valence-corrected chi connectivity index (χ3v) is 31.7. The van der Waals surface area contributed by atoms with Gasteiger partial charge in [0.1, 0.15) is 18.7 Å². The molecule has 36 atom stereocenters. The maximum atomic E-state index is 12.9. The second-order valence-corrected chi connectivity index (χ2v) is 36.4. The highest BCUT2D eigenvalue weighted by molar-refractivity contribution is 5.91. The monoisotopic (exact) mass is 1400 g/mol. The Kier molecular flexibility index (Phi) is 25.9. The summed E-state index contributed by atoms with van der Waals surface area (Å²) in [4.78, 5) is 58.3. The number of aliphatic hydroxyl groups is 9. The van der Waals surface area contributed by atoms with Gasteiger partial charge in [-0.1, -0.05) is 171 Å². The molecule has 4 heterocycles. The minimum atomic E-state index is -1.05. The number of fused-ring (bicyclic) bond motifs is 4. The van der Waals surface area contributed by atoms with Gasteiger partial charge in [0.05, 0.1) is 86.0 Å². The van der Waals surface area contributed by atoms with Crippen molar-refractivity contribution in [1.29, 1.82) is 0 Å². The van der Waals surface area contributed by atoms with E-state index in [1.165, 1.54) is 43.4 Å². The number of likely N-dealkylation sites (N-methyl/N-ethyl adjacent to an activating group) is 4. The van der Waals surface area contributed by atoms with Gasteiger partial charge < -0.3 is 46.0 Å². The Hall–Kier alpha value is -2.88. The van der Waals surface area contributed by atoms with Gasteiger partial charge in [0.25, 0.3) is 0 Å². The average molecular weight is 1400 g/mol. The van der Waals surface area contributed by atoms with Crippen molar-refractivity contribution < 1.29 is 65.1 Å². The van der Waals surface area contributed by atoms with Crippen molar-refractivity contribution in [3.05, 3.63) is 48.6 Å². The number of nitrogens with zero attached hydrogens (tertiary/aromatic N) is 4. The predicted molar refractivity (Wildman–Crippen MR) is 392 cm³/mol. The lowest BCUT2D eigenvalue weighted by atomic mass is 9.50. The Balaban J connectivity index is 0.000000156. The molecule has 9 N–H and O–H groups in total. The van der Waals surface area contributed by atoms with Gasteiger partial charge in [-0.25, -0.2) is 0 Å². The smallest absolute Gasteiger partial charge is 0.162 e. The van der Waals surface area contributed by atoms with Crippen LogP contribution in [-0.4, -0.2) is 204 Å². The van der Waals surface area contributed by atoms with E-state index in [1.54, 1.807) is 30.9 Å². The Bertz CT molecular complexity index is 2580. The number of ketones is 4. The number of allylic oxidation sites excluding steroid dienone is 8. The maximum absolute atomic E-state index is 12.9. The van der Waals surface area contributed by atoms with Crippen molar-refractivity contribution >= 4 is 23.1 Å². The van der Waals surface area contributed by atoms with E-state index in [-0.39, 0.29) is 95.0 Å². The van der Waals surface area contributed by atoms with E-state index in [0.717, 1.165) is 56.3 Å². The molecule has 100 heavy (non-hydrogen) atoms. The summed E-state index contributed by atoms with van der Waals surface area (Å²) in [5.41, 5.74) is -1.12. The Morgan fingerprint density at radius 2 is 0.630 bits per heavy atom. The molecule has 0 aromatic heterocycles. The highest BCUT2D eigenvalue weighted by Gasteiger charge is 2.63. The molecular weight excluding hydrogens is 1260 g/mol. The lowest BCUT2D eigenvalue weighted by Crippen LogP contribution is -2.55. The van der Waals surface area contributed by atoms with Crippen LogP contribution in [0.25, 0.3) is 0 Å². The molecule has 12 rings (SSSR count). The molecule has 17 heteroatoms. The summed E-state index contributed by atoms with van der Waals surface area (Å²) in [5.74, 6) is 5.04. The summed E-state index contributed by atoms with van der Waals surface area (Å²) in [7, 11) is 7.05. The van der Waals surface area contributed by atoms with Crippen molar-refractivity contribution in [3.8, 4) is 0 Å². The minimum Gasteiger partial charge on any atom is -0.394 e. The quantitative estimate of drug-likeness (QED) is 0.0824. The fourth-order valence-electron chi connectivity index (χ4n) is 23.7. The van der Waals surface area contributed by atoms with Gasteiger partial charge in [0, 0.05) is 22.3 Å². The second-order valence-electron chi connectivity index (χ2n) is 36.4. The van der Waals surface area contributed by atoms with Gasteiger partial charge in [-0.15, -0.1) is 0 Å². The maximum Gasteiger partial charge on any atom is 0.162 e. The average Bonchev–Trinajstić information content (AvgIpc) is 1.31. The normalized spacial score (nSPS) is 49.2. The number of carbonyl (C=O) groups is 4. The molecule has 8 aliphatic carbocycles. The number of aliphatic hydroxyl groups excluding tert-OH is 9. The highest BCUT2D eigenvalue weighted by Crippen LogP contribution is 2.61. The first-order valence-corrected chi connectivity index (χ1v) is 39.6. The van der Waals surface area contributed by atoms with E-state index in [2.05, 4.69) is 139 Å². The van der Waals surface area contributed by atoms with E-state index < -0.39 is 84.2 Å². The molecule has 0 amide bonds. The lowest BCUT2D eigenvalue weighted by molar-refractivity contribution is -0.146. The summed E-state index contributed by atoms with van der Waals surface area (Å²) in [6, 6.07) is -2.10. The number of Topliss-reactive ketones (excluding diaryl/α,β-unsaturated/α-hetero) is 4. The van der Waals surface area contributed by atoms with Crippen molar-refractivity contribution in [2.45, 2.75) is 255 Å². The van der Waals surface area contributed by atoms with E-state index in [1.807, 2.05) is 25.8 Å². The molecule has 17 nitrogen and oxygen atoms in total. The topological polar surface area (TPSA) is 263 Å². The van der Waals surface area contributed by atoms with Crippen LogP contribution in [0.1, 0.15) is 187 Å². The molecule has 4 saturated heterocycles. The van der Waals surface area contributed by atoms with E-state index in [9.17, 15) is 65.1 Å². The Morgan fingerprint density at radius 3 is 0.920 bits per heavy atom. The van der Waals surface area contributed by atoms with Crippen LogP contribution in [0.5, 0.6) is 0 Å². The molecule has 0 spiro atoms. The molecule has 4 saturated carbocycles. The van der Waals surface area contributed by atoms with Gasteiger partial charge in [0.15, 0.2) is 23.1 Å². The molecule has 12 aliphatic rings. The van der Waals surface area contributed by atoms with Gasteiger partial charge in [-0.3, -0.25) is 38.8 Å². The number of carbonyl (C=O) groups excluding carboxylic acids is 4. The predicted octanol–water partition coefficient (Wildman–Crippen LogP) is 9.45. The molecule has 8 fully saturated rings. The largest absolute Gasteiger partial charge is 0.394 e. The van der Waals surface area contributed by atoms with Crippen LogP contribution in [0, 0.1) is 146 Å². The Morgan fingerprint density at radius 1 is 0.380 bits per heavy atom. The SMILES string of the molecule is CC1C([C@H](O)[C@@]2(C)[C@@H]3CC[C@H](C)C[C@H]3C=C[C@@H]2C)C(=O)[C@@H](CO)N1C.CC[C@@H]1C(=O)C([C@H](O)[C@@]2(C)[C@@H]3CC[C@H](C)C[C@H]3C=C[C@@H]2C)C(O)N1C.C[C@H]1CC[C@@H]2[C@H](C=C[C@H](C)[C@@]2(C)[C@@H](C)C2C(=O)[C@@H](CO)N(C)C2O)C1.C[C@H]1CC[C@@H]2[C@H](C=C[C@H](C)[C@@]2(C)[C@@H](O)C2C(=O)[C@@H](CO)N(C)C2O)C1. The first-order valence-electron chi connectivity index (χ1n) is 39.6. The molecule has 0 bridgehead atoms. The zero-order valence-electron chi connectivity index (χ0n) is 64.9. The second kappa shape index (κ2) is 31.9. The number of likely N-dealkylation sites (tertiary alicyclic amines) is 4. The van der Waals surface area contributed by atoms with Crippen molar-refractivity contribution in [1.82, 2.24) is 19.6 Å². The number of rotatable bonds is 12. The fraction of sp³-hybridized carbons (Fsp3) is 0.855. The molecular formula is C83H138N4O13. The molecule has 568 valence electrons. The van der Waals surface area contributed by atoms with Crippen LogP contribution in [0.15, 0.2) is 48.6 Å². The number of hydrogen-bond acceptors (Lipinski definition) is 17. The van der Waals surface area contributed by atoms with Crippen LogP contribution in [0.3, 0.4) is 0 Å².